The summed E-state index contributed by atoms with van der Waals surface area (Å²) in [5.74, 6) is 0. The molecule has 2 N–H and O–H groups in total. The first kappa shape index (κ1) is 14.8. The van der Waals surface area contributed by atoms with Crippen LogP contribution in [-0.4, -0.2) is 33.8 Å². The van der Waals surface area contributed by atoms with Crippen molar-refractivity contribution >= 4 is 21.6 Å². The minimum absolute atomic E-state index is 0.00606. The molecule has 0 saturated heterocycles. The van der Waals surface area contributed by atoms with E-state index in [4.69, 9.17) is 0 Å². The van der Waals surface area contributed by atoms with E-state index in [1.54, 1.807) is 0 Å². The molecule has 0 saturated carbocycles. The predicted molar refractivity (Wildman–Crippen MR) is 69.6 cm³/mol. The van der Waals surface area contributed by atoms with Gasteiger partial charge >= 0.3 is 11.2 Å². The number of nitro groups is 1. The van der Waals surface area contributed by atoms with Crippen LogP contribution in [0.25, 0.3) is 0 Å². The first-order chi connectivity index (χ1) is 8.45. The van der Waals surface area contributed by atoms with Crippen molar-refractivity contribution in [2.24, 2.45) is 0 Å². The molecule has 0 aliphatic heterocycles. The number of aromatic nitrogens is 1. The summed E-state index contributed by atoms with van der Waals surface area (Å²) < 4.78 is 1.55. The number of hydrogen-bond donors (Lipinski definition) is 2. The summed E-state index contributed by atoms with van der Waals surface area (Å²) in [6.07, 6.45) is 0.640. The van der Waals surface area contributed by atoms with Gasteiger partial charge in [0.2, 0.25) is 0 Å². The van der Waals surface area contributed by atoms with Crippen molar-refractivity contribution in [3.63, 3.8) is 0 Å². The Hall–Kier alpha value is -1.25. The fraction of sp³-hybridized carbons (Fsp3) is 0.500. The van der Waals surface area contributed by atoms with Gasteiger partial charge in [-0.1, -0.05) is 6.92 Å². The molecule has 7 nitrogen and oxygen atoms in total. The van der Waals surface area contributed by atoms with Crippen LogP contribution in [0.5, 0.6) is 0 Å². The van der Waals surface area contributed by atoms with E-state index in [1.807, 2.05) is 6.92 Å². The standard InChI is InChI=1S/C10H14BrN3O4/c1-2-12-4-8(15)6-13-5-7(11)3-9(10(13)16)14(17)18/h3,5,8,12,15H,2,4,6H2,1H3. The molecule has 1 aromatic rings. The Morgan fingerprint density at radius 2 is 2.33 bits per heavy atom. The third kappa shape index (κ3) is 3.90. The minimum atomic E-state index is -0.781. The number of likely N-dealkylation sites (N-methyl/N-ethyl adjacent to an activating group) is 1. The van der Waals surface area contributed by atoms with Gasteiger partial charge in [0.15, 0.2) is 0 Å². The Kier molecular flexibility index (Phi) is 5.45. The molecule has 1 atom stereocenters. The number of hydrogen-bond acceptors (Lipinski definition) is 5. The fourth-order valence-corrected chi connectivity index (χ4v) is 1.92. The van der Waals surface area contributed by atoms with Crippen molar-refractivity contribution in [1.82, 2.24) is 9.88 Å². The maximum absolute atomic E-state index is 11.7. The first-order valence-electron chi connectivity index (χ1n) is 5.38. The number of aliphatic hydroxyl groups is 1. The molecular formula is C10H14BrN3O4. The lowest BCUT2D eigenvalue weighted by Crippen LogP contribution is -2.34. The molecule has 1 unspecified atom stereocenters. The summed E-state index contributed by atoms with van der Waals surface area (Å²) in [5, 5.41) is 23.3. The molecule has 0 bridgehead atoms. The Bertz CT molecular complexity index is 489. The van der Waals surface area contributed by atoms with E-state index in [0.717, 1.165) is 10.6 Å². The van der Waals surface area contributed by atoms with Gasteiger partial charge in [0.25, 0.3) is 0 Å². The van der Waals surface area contributed by atoms with Gasteiger partial charge in [0.1, 0.15) is 0 Å². The summed E-state index contributed by atoms with van der Waals surface area (Å²) >= 11 is 3.10. The zero-order chi connectivity index (χ0) is 13.7. The summed E-state index contributed by atoms with van der Waals surface area (Å²) in [5.41, 5.74) is -1.24. The van der Waals surface area contributed by atoms with Gasteiger partial charge in [0.05, 0.1) is 17.6 Å². The van der Waals surface area contributed by atoms with Gasteiger partial charge in [0, 0.05) is 23.3 Å². The summed E-state index contributed by atoms with van der Waals surface area (Å²) in [6.45, 7) is 2.92. The van der Waals surface area contributed by atoms with Crippen LogP contribution in [0, 0.1) is 10.1 Å². The van der Waals surface area contributed by atoms with Crippen LogP contribution in [0.15, 0.2) is 21.5 Å². The van der Waals surface area contributed by atoms with Gasteiger partial charge in [-0.25, -0.2) is 0 Å². The Balaban J connectivity index is 2.95. The molecule has 1 aromatic heterocycles. The maximum Gasteiger partial charge on any atom is 0.335 e. The van der Waals surface area contributed by atoms with Crippen molar-refractivity contribution in [3.05, 3.63) is 37.2 Å². The second-order valence-electron chi connectivity index (χ2n) is 3.72. The SMILES string of the molecule is CCNCC(O)Cn1cc(Br)cc([N+](=O)[O-])c1=O. The maximum atomic E-state index is 11.7. The first-order valence-corrected chi connectivity index (χ1v) is 6.18. The minimum Gasteiger partial charge on any atom is -0.390 e. The largest absolute Gasteiger partial charge is 0.390 e. The molecule has 0 spiro atoms. The number of pyridine rings is 1. The molecule has 1 rings (SSSR count). The molecule has 0 amide bonds. The Labute approximate surface area is 112 Å². The van der Waals surface area contributed by atoms with E-state index in [1.165, 1.54) is 6.20 Å². The average Bonchev–Trinajstić information content (AvgIpc) is 2.30. The Morgan fingerprint density at radius 1 is 1.67 bits per heavy atom. The highest BCUT2D eigenvalue weighted by Crippen LogP contribution is 2.13. The number of halogens is 1. The van der Waals surface area contributed by atoms with Crippen LogP contribution in [0.3, 0.4) is 0 Å². The van der Waals surface area contributed by atoms with Gasteiger partial charge in [-0.05, 0) is 22.5 Å². The molecule has 1 heterocycles. The topological polar surface area (TPSA) is 97.4 Å². The van der Waals surface area contributed by atoms with E-state index < -0.39 is 22.3 Å². The van der Waals surface area contributed by atoms with Crippen molar-refractivity contribution in [1.29, 1.82) is 0 Å². The highest BCUT2D eigenvalue weighted by molar-refractivity contribution is 9.10. The molecular weight excluding hydrogens is 306 g/mol. The van der Waals surface area contributed by atoms with E-state index in [-0.39, 0.29) is 6.54 Å². The van der Waals surface area contributed by atoms with Crippen molar-refractivity contribution in [2.45, 2.75) is 19.6 Å². The fourth-order valence-electron chi connectivity index (χ4n) is 1.45. The third-order valence-electron chi connectivity index (χ3n) is 2.27. The van der Waals surface area contributed by atoms with Gasteiger partial charge < -0.3 is 15.0 Å². The molecule has 0 radical (unpaired) electrons. The highest BCUT2D eigenvalue weighted by Gasteiger charge is 2.17. The molecule has 0 aliphatic carbocycles. The molecule has 0 fully saturated rings. The number of nitrogens with one attached hydrogen (secondary N) is 1. The van der Waals surface area contributed by atoms with Gasteiger partial charge in [-0.15, -0.1) is 0 Å². The Morgan fingerprint density at radius 3 is 2.89 bits per heavy atom. The summed E-state index contributed by atoms with van der Waals surface area (Å²) in [4.78, 5) is 21.7. The van der Waals surface area contributed by atoms with Crippen LogP contribution in [-0.2, 0) is 6.54 Å². The van der Waals surface area contributed by atoms with E-state index >= 15 is 0 Å². The molecule has 18 heavy (non-hydrogen) atoms. The number of rotatable bonds is 6. The van der Waals surface area contributed by atoms with Crippen LogP contribution >= 0.6 is 15.9 Å². The third-order valence-corrected chi connectivity index (χ3v) is 2.70. The van der Waals surface area contributed by atoms with Crippen molar-refractivity contribution in [3.8, 4) is 0 Å². The predicted octanol–water partition coefficient (Wildman–Crippen LogP) is 0.489. The van der Waals surface area contributed by atoms with Crippen LogP contribution in [0.4, 0.5) is 5.69 Å². The smallest absolute Gasteiger partial charge is 0.335 e. The number of aliphatic hydroxyl groups excluding tert-OH is 1. The van der Waals surface area contributed by atoms with Crippen molar-refractivity contribution in [2.75, 3.05) is 13.1 Å². The lowest BCUT2D eigenvalue weighted by molar-refractivity contribution is -0.386. The zero-order valence-corrected chi connectivity index (χ0v) is 11.4. The normalized spacial score (nSPS) is 12.4. The van der Waals surface area contributed by atoms with E-state index in [9.17, 15) is 20.0 Å². The average molecular weight is 320 g/mol. The lowest BCUT2D eigenvalue weighted by atomic mass is 10.3. The summed E-state index contributed by atoms with van der Waals surface area (Å²) in [7, 11) is 0. The highest BCUT2D eigenvalue weighted by atomic mass is 79.9. The van der Waals surface area contributed by atoms with Crippen LogP contribution in [0.2, 0.25) is 0 Å². The van der Waals surface area contributed by atoms with Gasteiger partial charge in [-0.3, -0.25) is 14.9 Å². The quantitative estimate of drug-likeness (QED) is 0.587. The molecule has 0 aromatic carbocycles. The second kappa shape index (κ2) is 6.62. The van der Waals surface area contributed by atoms with E-state index in [2.05, 4.69) is 21.2 Å². The van der Waals surface area contributed by atoms with Crippen LogP contribution < -0.4 is 10.9 Å². The van der Waals surface area contributed by atoms with Crippen LogP contribution in [0.1, 0.15) is 6.92 Å². The monoisotopic (exact) mass is 319 g/mol. The molecule has 8 heteroatoms. The zero-order valence-electron chi connectivity index (χ0n) is 9.80. The lowest BCUT2D eigenvalue weighted by Gasteiger charge is -2.12. The van der Waals surface area contributed by atoms with E-state index in [0.29, 0.717) is 17.6 Å². The second-order valence-corrected chi connectivity index (χ2v) is 4.64. The molecule has 100 valence electrons. The summed E-state index contributed by atoms with van der Waals surface area (Å²) in [6, 6.07) is 1.15. The molecule has 0 aliphatic rings. The van der Waals surface area contributed by atoms with Gasteiger partial charge in [-0.2, -0.15) is 0 Å². The number of nitrogens with zero attached hydrogens (tertiary/aromatic N) is 2. The van der Waals surface area contributed by atoms with Crippen molar-refractivity contribution < 1.29 is 10.0 Å².